The fraction of sp³-hybridized carbons (Fsp3) is 0.200. The second-order valence-corrected chi connectivity index (χ2v) is 7.87. The maximum absolute atomic E-state index is 7.92. The molecule has 0 amide bonds. The number of pyridine rings is 3. The second-order valence-electron chi connectivity index (χ2n) is 7.87. The van der Waals surface area contributed by atoms with Gasteiger partial charge in [0.05, 0.1) is 23.8 Å². The van der Waals surface area contributed by atoms with Crippen molar-refractivity contribution in [3.63, 3.8) is 0 Å². The van der Waals surface area contributed by atoms with E-state index in [-0.39, 0.29) is 5.71 Å². The summed E-state index contributed by atoms with van der Waals surface area (Å²) in [4.78, 5) is 18.0. The zero-order valence-corrected chi connectivity index (χ0v) is 18.5. The number of piperazine rings is 1. The van der Waals surface area contributed by atoms with Gasteiger partial charge in [0.15, 0.2) is 0 Å². The Bertz CT molecular complexity index is 1280. The van der Waals surface area contributed by atoms with Gasteiger partial charge in [-0.3, -0.25) is 10.4 Å². The lowest BCUT2D eigenvalue weighted by molar-refractivity contribution is 0.313. The summed E-state index contributed by atoms with van der Waals surface area (Å²) in [5.74, 6) is 6.43. The highest BCUT2D eigenvalue weighted by molar-refractivity contribution is 6.07. The summed E-state index contributed by atoms with van der Waals surface area (Å²) in [6.07, 6.45) is 10.2. The summed E-state index contributed by atoms with van der Waals surface area (Å²) in [6, 6.07) is 5.89. The third-order valence-corrected chi connectivity index (χ3v) is 5.29. The van der Waals surface area contributed by atoms with Crippen molar-refractivity contribution in [1.82, 2.24) is 19.9 Å². The van der Waals surface area contributed by atoms with E-state index in [0.29, 0.717) is 17.2 Å². The first-order valence-corrected chi connectivity index (χ1v) is 10.6. The minimum atomic E-state index is 0.125. The van der Waals surface area contributed by atoms with Crippen LogP contribution in [0.25, 0.3) is 10.8 Å². The molecule has 0 bridgehead atoms. The molecule has 0 aliphatic carbocycles. The van der Waals surface area contributed by atoms with Crippen molar-refractivity contribution in [2.45, 2.75) is 0 Å². The Balaban J connectivity index is 1.56. The Morgan fingerprint density at radius 3 is 2.76 bits per heavy atom. The molecule has 0 spiro atoms. The number of nitrogens with one attached hydrogen (secondary N) is 2. The Kier molecular flexibility index (Phi) is 6.62. The lowest BCUT2D eigenvalue weighted by Gasteiger charge is -2.33. The van der Waals surface area contributed by atoms with Crippen LogP contribution in [0.3, 0.4) is 0 Å². The molecule has 8 heteroatoms. The van der Waals surface area contributed by atoms with Crippen molar-refractivity contribution in [2.75, 3.05) is 43.4 Å². The molecule has 1 aliphatic heterocycles. The molecular formula is C25H26N8. The van der Waals surface area contributed by atoms with Gasteiger partial charge >= 0.3 is 0 Å². The maximum atomic E-state index is 7.92. The predicted molar refractivity (Wildman–Crippen MR) is 134 cm³/mol. The molecule has 0 unspecified atom stereocenters. The Morgan fingerprint density at radius 2 is 1.97 bits per heavy atom. The summed E-state index contributed by atoms with van der Waals surface area (Å²) in [7, 11) is 2.14. The van der Waals surface area contributed by atoms with E-state index in [0.717, 1.165) is 48.3 Å². The molecule has 0 aromatic carbocycles. The number of fused-ring (bicyclic) bond motifs is 1. The first kappa shape index (κ1) is 22.0. The Morgan fingerprint density at radius 1 is 1.15 bits per heavy atom. The van der Waals surface area contributed by atoms with Crippen LogP contribution in [-0.4, -0.2) is 58.8 Å². The van der Waals surface area contributed by atoms with E-state index in [1.54, 1.807) is 24.7 Å². The molecule has 0 atom stereocenters. The van der Waals surface area contributed by atoms with Crippen LogP contribution < -0.4 is 16.0 Å². The van der Waals surface area contributed by atoms with E-state index in [9.17, 15) is 0 Å². The van der Waals surface area contributed by atoms with Crippen molar-refractivity contribution < 1.29 is 0 Å². The van der Waals surface area contributed by atoms with Crippen molar-refractivity contribution in [3.8, 4) is 11.8 Å². The van der Waals surface area contributed by atoms with Crippen LogP contribution in [0.15, 0.2) is 67.4 Å². The van der Waals surface area contributed by atoms with Crippen LogP contribution in [0.1, 0.15) is 5.69 Å². The van der Waals surface area contributed by atoms with Crippen molar-refractivity contribution in [1.29, 1.82) is 5.41 Å². The van der Waals surface area contributed by atoms with Gasteiger partial charge in [0.1, 0.15) is 17.2 Å². The van der Waals surface area contributed by atoms with Crippen LogP contribution in [0.5, 0.6) is 0 Å². The third-order valence-electron chi connectivity index (χ3n) is 5.29. The van der Waals surface area contributed by atoms with E-state index in [4.69, 9.17) is 11.1 Å². The van der Waals surface area contributed by atoms with Crippen LogP contribution in [0.2, 0.25) is 0 Å². The monoisotopic (exact) mass is 438 g/mol. The summed E-state index contributed by atoms with van der Waals surface area (Å²) < 4.78 is 0. The zero-order valence-electron chi connectivity index (χ0n) is 18.5. The number of allylic oxidation sites excluding steroid dienone is 2. The van der Waals surface area contributed by atoms with Crippen LogP contribution in [0, 0.1) is 17.3 Å². The topological polar surface area (TPSA) is 107 Å². The second kappa shape index (κ2) is 9.94. The van der Waals surface area contributed by atoms with Gasteiger partial charge in [-0.05, 0) is 49.2 Å². The lowest BCUT2D eigenvalue weighted by atomic mass is 10.1. The van der Waals surface area contributed by atoms with Gasteiger partial charge in [0, 0.05) is 55.0 Å². The first-order valence-electron chi connectivity index (χ1n) is 10.6. The average Bonchev–Trinajstić information content (AvgIpc) is 2.82. The number of aromatic nitrogens is 3. The molecule has 4 rings (SSSR count). The molecule has 8 nitrogen and oxygen atoms in total. The molecule has 1 fully saturated rings. The quantitative estimate of drug-likeness (QED) is 0.319. The number of rotatable bonds is 5. The van der Waals surface area contributed by atoms with E-state index in [2.05, 4.69) is 61.6 Å². The van der Waals surface area contributed by atoms with Gasteiger partial charge in [-0.15, -0.1) is 0 Å². The maximum Gasteiger partial charge on any atom is 0.131 e. The van der Waals surface area contributed by atoms with E-state index in [1.165, 1.54) is 6.08 Å². The molecule has 1 saturated heterocycles. The number of hydrogen-bond donors (Lipinski definition) is 3. The molecular weight excluding hydrogens is 412 g/mol. The first-order chi connectivity index (χ1) is 16.0. The number of nitrogens with two attached hydrogens (primary N) is 1. The summed E-state index contributed by atoms with van der Waals surface area (Å²) in [6.45, 7) is 7.61. The van der Waals surface area contributed by atoms with Crippen molar-refractivity contribution >= 4 is 33.7 Å². The molecule has 4 N–H and O–H groups in total. The van der Waals surface area contributed by atoms with Gasteiger partial charge in [-0.1, -0.05) is 6.58 Å². The molecule has 0 saturated carbocycles. The SMILES string of the molecule is C=C(N)/C=C\C(=N)C#Cc1nccc2cnc(Nc3cncc(N4CCN(C)CC4)c3)cc12. The largest absolute Gasteiger partial charge is 0.399 e. The number of nitrogens with zero attached hydrogens (tertiary/aromatic N) is 5. The smallest absolute Gasteiger partial charge is 0.131 e. The highest BCUT2D eigenvalue weighted by atomic mass is 15.2. The van der Waals surface area contributed by atoms with E-state index >= 15 is 0 Å². The molecule has 3 aromatic heterocycles. The average molecular weight is 439 g/mol. The fourth-order valence-electron chi connectivity index (χ4n) is 3.47. The fourth-order valence-corrected chi connectivity index (χ4v) is 3.47. The summed E-state index contributed by atoms with van der Waals surface area (Å²) in [5, 5.41) is 13.0. The molecule has 166 valence electrons. The summed E-state index contributed by atoms with van der Waals surface area (Å²) >= 11 is 0. The summed E-state index contributed by atoms with van der Waals surface area (Å²) in [5.41, 5.74) is 8.53. The molecule has 1 aliphatic rings. The normalized spacial score (nSPS) is 14.2. The highest BCUT2D eigenvalue weighted by Gasteiger charge is 2.15. The number of hydrogen-bond acceptors (Lipinski definition) is 8. The molecule has 4 heterocycles. The molecule has 3 aromatic rings. The third kappa shape index (κ3) is 5.73. The predicted octanol–water partition coefficient (Wildman–Crippen LogP) is 2.92. The van der Waals surface area contributed by atoms with E-state index in [1.807, 2.05) is 18.3 Å². The lowest BCUT2D eigenvalue weighted by Crippen LogP contribution is -2.44. The molecule has 0 radical (unpaired) electrons. The number of likely N-dealkylation sites (N-methyl/N-ethyl adjacent to an activating group) is 1. The van der Waals surface area contributed by atoms with Crippen molar-refractivity contribution in [3.05, 3.63) is 73.1 Å². The van der Waals surface area contributed by atoms with Gasteiger partial charge in [0.2, 0.25) is 0 Å². The molecule has 33 heavy (non-hydrogen) atoms. The Hall–Kier alpha value is -4.22. The standard InChI is InChI=1S/C25H26N8/c1-18(26)3-4-20(27)5-6-24-23-14-25(30-15-19(23)7-8-29-24)31-21-13-22(17-28-16-21)33-11-9-32(2)10-12-33/h3-4,7-8,13-17,27H,1,9-12,26H2,2H3,(H,30,31)/b4-3-,27-20?. The van der Waals surface area contributed by atoms with Crippen LogP contribution >= 0.6 is 0 Å². The minimum Gasteiger partial charge on any atom is -0.399 e. The highest BCUT2D eigenvalue weighted by Crippen LogP contribution is 2.24. The van der Waals surface area contributed by atoms with Gasteiger partial charge < -0.3 is 20.9 Å². The van der Waals surface area contributed by atoms with Crippen LogP contribution in [-0.2, 0) is 0 Å². The number of anilines is 3. The van der Waals surface area contributed by atoms with Gasteiger partial charge in [-0.2, -0.15) is 0 Å². The van der Waals surface area contributed by atoms with Gasteiger partial charge in [-0.25, -0.2) is 9.97 Å². The van der Waals surface area contributed by atoms with Gasteiger partial charge in [0.25, 0.3) is 0 Å². The van der Waals surface area contributed by atoms with Crippen molar-refractivity contribution in [2.24, 2.45) is 5.73 Å². The van der Waals surface area contributed by atoms with Crippen LogP contribution in [0.4, 0.5) is 17.2 Å². The zero-order chi connectivity index (χ0) is 23.2. The van der Waals surface area contributed by atoms with E-state index < -0.39 is 0 Å². The minimum absolute atomic E-state index is 0.125. The Labute approximate surface area is 193 Å².